The molecule has 0 saturated heterocycles. The monoisotopic (exact) mass is 347 g/mol. The van der Waals surface area contributed by atoms with E-state index in [1.807, 2.05) is 35.0 Å². The molecule has 7 heteroatoms. The summed E-state index contributed by atoms with van der Waals surface area (Å²) in [6.07, 6.45) is 0. The van der Waals surface area contributed by atoms with E-state index in [1.165, 1.54) is 0 Å². The van der Waals surface area contributed by atoms with E-state index >= 15 is 0 Å². The summed E-state index contributed by atoms with van der Waals surface area (Å²) in [6.45, 7) is 0. The van der Waals surface area contributed by atoms with E-state index in [9.17, 15) is 0 Å². The van der Waals surface area contributed by atoms with Gasteiger partial charge in [0.15, 0.2) is 5.76 Å². The van der Waals surface area contributed by atoms with Crippen LogP contribution in [0, 0.1) is 0 Å². The van der Waals surface area contributed by atoms with Crippen LogP contribution in [0.2, 0.25) is 0 Å². The summed E-state index contributed by atoms with van der Waals surface area (Å²) in [6, 6.07) is 8.05. The average molecular weight is 348 g/mol. The Morgan fingerprint density at radius 2 is 1.82 bits per heavy atom. The second-order valence-corrected chi connectivity index (χ2v) is 6.76. The summed E-state index contributed by atoms with van der Waals surface area (Å²) < 4.78 is 6.02. The van der Waals surface area contributed by atoms with Crippen LogP contribution in [-0.4, -0.2) is 9.97 Å². The number of alkyl halides is 1. The first-order valence-corrected chi connectivity index (χ1v) is 8.80. The number of nitrogens with two attached hydrogens (primary N) is 1. The van der Waals surface area contributed by atoms with Crippen molar-refractivity contribution in [3.63, 3.8) is 0 Å². The minimum Gasteiger partial charge on any atom is -0.436 e. The Hall–Kier alpha value is -1.89. The van der Waals surface area contributed by atoms with E-state index in [4.69, 9.17) is 21.8 Å². The Balaban J connectivity index is 2.10. The summed E-state index contributed by atoms with van der Waals surface area (Å²) in [5.41, 5.74) is 7.58. The van der Waals surface area contributed by atoms with Crippen molar-refractivity contribution in [2.24, 2.45) is 0 Å². The molecule has 0 amide bonds. The Labute approximate surface area is 139 Å². The van der Waals surface area contributed by atoms with E-state index in [0.717, 1.165) is 26.5 Å². The van der Waals surface area contributed by atoms with Crippen LogP contribution >= 0.6 is 34.3 Å². The maximum Gasteiger partial charge on any atom is 0.232 e. The van der Waals surface area contributed by atoms with E-state index in [1.54, 1.807) is 22.7 Å². The van der Waals surface area contributed by atoms with Crippen LogP contribution in [-0.2, 0) is 5.88 Å². The Morgan fingerprint density at radius 3 is 2.45 bits per heavy atom. The van der Waals surface area contributed by atoms with Gasteiger partial charge in [-0.15, -0.1) is 34.3 Å². The van der Waals surface area contributed by atoms with Gasteiger partial charge in [-0.1, -0.05) is 12.1 Å². The van der Waals surface area contributed by atoms with Gasteiger partial charge in [0.05, 0.1) is 21.7 Å². The fourth-order valence-electron chi connectivity index (χ4n) is 2.37. The minimum atomic E-state index is 0.198. The van der Waals surface area contributed by atoms with Crippen molar-refractivity contribution in [1.29, 1.82) is 0 Å². The molecular weight excluding hydrogens is 338 g/mol. The lowest BCUT2D eigenvalue weighted by Gasteiger charge is -2.01. The predicted octanol–water partition coefficient (Wildman–Crippen LogP) is 5.00. The van der Waals surface area contributed by atoms with Crippen molar-refractivity contribution in [2.45, 2.75) is 5.88 Å². The molecule has 22 heavy (non-hydrogen) atoms. The molecule has 4 heterocycles. The number of fused-ring (bicyclic) bond motifs is 1. The number of rotatable bonds is 3. The molecular formula is C15H10ClN3OS2. The highest BCUT2D eigenvalue weighted by atomic mass is 35.5. The van der Waals surface area contributed by atoms with Crippen LogP contribution in [0.3, 0.4) is 0 Å². The van der Waals surface area contributed by atoms with Crippen molar-refractivity contribution >= 4 is 51.2 Å². The standard InChI is InChI=1S/C15H10ClN3OS2/c16-7-10-18-14(17)12-11(8-3-1-5-21-8)13(20-15(12)19-10)9-4-2-6-22-9/h1-6H,7H2,(H2,17,18,19). The highest BCUT2D eigenvalue weighted by Crippen LogP contribution is 2.44. The quantitative estimate of drug-likeness (QED) is 0.529. The molecule has 0 saturated carbocycles. The summed E-state index contributed by atoms with van der Waals surface area (Å²) in [4.78, 5) is 10.8. The maximum atomic E-state index is 6.14. The molecule has 110 valence electrons. The Bertz CT molecular complexity index is 930. The molecule has 0 aliphatic carbocycles. The van der Waals surface area contributed by atoms with Crippen LogP contribution in [0.4, 0.5) is 5.82 Å². The van der Waals surface area contributed by atoms with Gasteiger partial charge in [0.25, 0.3) is 0 Å². The number of hydrogen-bond donors (Lipinski definition) is 1. The van der Waals surface area contributed by atoms with Crippen molar-refractivity contribution in [2.75, 3.05) is 5.73 Å². The first-order chi connectivity index (χ1) is 10.8. The third-order valence-electron chi connectivity index (χ3n) is 3.26. The SMILES string of the molecule is Nc1nc(CCl)nc2oc(-c3cccs3)c(-c3cccs3)c12. The van der Waals surface area contributed by atoms with Crippen LogP contribution in [0.15, 0.2) is 39.4 Å². The molecule has 2 N–H and O–H groups in total. The zero-order valence-electron chi connectivity index (χ0n) is 11.2. The number of aromatic nitrogens is 2. The van der Waals surface area contributed by atoms with Gasteiger partial charge in [0.1, 0.15) is 11.6 Å². The second kappa shape index (κ2) is 5.39. The van der Waals surface area contributed by atoms with Gasteiger partial charge in [-0.3, -0.25) is 0 Å². The molecule has 4 aromatic heterocycles. The topological polar surface area (TPSA) is 64.9 Å². The van der Waals surface area contributed by atoms with E-state index in [2.05, 4.69) is 9.97 Å². The molecule has 0 radical (unpaired) electrons. The maximum absolute atomic E-state index is 6.14. The van der Waals surface area contributed by atoms with E-state index < -0.39 is 0 Å². The molecule has 4 rings (SSSR count). The van der Waals surface area contributed by atoms with Crippen molar-refractivity contribution < 1.29 is 4.42 Å². The summed E-state index contributed by atoms with van der Waals surface area (Å²) >= 11 is 9.07. The summed E-state index contributed by atoms with van der Waals surface area (Å²) in [5.74, 6) is 1.84. The fraction of sp³-hybridized carbons (Fsp3) is 0.0667. The first kappa shape index (κ1) is 13.8. The highest BCUT2D eigenvalue weighted by Gasteiger charge is 2.23. The fourth-order valence-corrected chi connectivity index (χ4v) is 3.97. The van der Waals surface area contributed by atoms with Gasteiger partial charge in [-0.05, 0) is 22.9 Å². The van der Waals surface area contributed by atoms with Gasteiger partial charge in [-0.25, -0.2) is 4.98 Å². The zero-order chi connectivity index (χ0) is 15.1. The van der Waals surface area contributed by atoms with Gasteiger partial charge in [0, 0.05) is 4.88 Å². The lowest BCUT2D eigenvalue weighted by molar-refractivity contribution is 0.618. The number of thiophene rings is 2. The third-order valence-corrected chi connectivity index (χ3v) is 5.25. The zero-order valence-corrected chi connectivity index (χ0v) is 13.6. The lowest BCUT2D eigenvalue weighted by Crippen LogP contribution is -1.98. The van der Waals surface area contributed by atoms with Crippen molar-refractivity contribution in [3.8, 4) is 21.1 Å². The smallest absolute Gasteiger partial charge is 0.232 e. The molecule has 4 nitrogen and oxygen atoms in total. The van der Waals surface area contributed by atoms with E-state index in [-0.39, 0.29) is 5.88 Å². The molecule has 0 spiro atoms. The largest absolute Gasteiger partial charge is 0.436 e. The molecule has 0 aromatic carbocycles. The molecule has 0 unspecified atom stereocenters. The summed E-state index contributed by atoms with van der Waals surface area (Å²) in [5, 5.41) is 4.79. The van der Waals surface area contributed by atoms with E-state index in [0.29, 0.717) is 17.4 Å². The van der Waals surface area contributed by atoms with Crippen LogP contribution in [0.5, 0.6) is 0 Å². The minimum absolute atomic E-state index is 0.198. The molecule has 0 fully saturated rings. The average Bonchev–Trinajstić information content (AvgIpc) is 3.25. The Morgan fingerprint density at radius 1 is 1.09 bits per heavy atom. The van der Waals surface area contributed by atoms with Crippen molar-refractivity contribution in [1.82, 2.24) is 9.97 Å². The molecule has 0 aliphatic heterocycles. The van der Waals surface area contributed by atoms with Gasteiger partial charge >= 0.3 is 0 Å². The Kier molecular flexibility index (Phi) is 3.37. The highest BCUT2D eigenvalue weighted by molar-refractivity contribution is 7.14. The van der Waals surface area contributed by atoms with Gasteiger partial charge < -0.3 is 10.2 Å². The molecule has 0 aliphatic rings. The second-order valence-electron chi connectivity index (χ2n) is 4.60. The normalized spacial score (nSPS) is 11.3. The number of hydrogen-bond acceptors (Lipinski definition) is 6. The number of furan rings is 1. The van der Waals surface area contributed by atoms with Crippen molar-refractivity contribution in [3.05, 3.63) is 40.8 Å². The number of halogens is 1. The van der Waals surface area contributed by atoms with Crippen LogP contribution in [0.1, 0.15) is 5.82 Å². The first-order valence-electron chi connectivity index (χ1n) is 6.50. The summed E-state index contributed by atoms with van der Waals surface area (Å²) in [7, 11) is 0. The van der Waals surface area contributed by atoms with Gasteiger partial charge in [0.2, 0.25) is 5.71 Å². The van der Waals surface area contributed by atoms with Crippen LogP contribution < -0.4 is 5.73 Å². The molecule has 4 aromatic rings. The molecule has 0 atom stereocenters. The van der Waals surface area contributed by atoms with Gasteiger partial charge in [-0.2, -0.15) is 4.98 Å². The number of nitrogens with zero attached hydrogens (tertiary/aromatic N) is 2. The lowest BCUT2D eigenvalue weighted by atomic mass is 10.1. The third kappa shape index (κ3) is 2.11. The molecule has 0 bridgehead atoms. The number of anilines is 1. The van der Waals surface area contributed by atoms with Crippen LogP contribution in [0.25, 0.3) is 32.2 Å². The predicted molar refractivity (Wildman–Crippen MR) is 92.4 cm³/mol. The number of nitrogen functional groups attached to an aromatic ring is 1.